The standard InChI is InChI=1S/C18H23F3N2O2/c1-3-11-25-17(24)23-10-4-5-13(2)16(23)9-8-15-7-6-14(12-22-15)18(19,20)21/h3,6-7,12-13,16H,1,4-5,8-11H2,2H3/t13-,16-/m1/s1. The van der Waals surface area contributed by atoms with Gasteiger partial charge in [-0.1, -0.05) is 19.6 Å². The molecular formula is C18H23F3N2O2. The van der Waals surface area contributed by atoms with Gasteiger partial charge in [-0.25, -0.2) is 4.79 Å². The number of amides is 1. The summed E-state index contributed by atoms with van der Waals surface area (Å²) in [6.45, 7) is 6.40. The number of aromatic nitrogens is 1. The summed E-state index contributed by atoms with van der Waals surface area (Å²) in [4.78, 5) is 17.8. The van der Waals surface area contributed by atoms with Crippen LogP contribution in [0.4, 0.5) is 18.0 Å². The molecule has 1 aromatic rings. The van der Waals surface area contributed by atoms with Crippen molar-refractivity contribution in [1.29, 1.82) is 0 Å². The van der Waals surface area contributed by atoms with Gasteiger partial charge in [-0.2, -0.15) is 13.2 Å². The van der Waals surface area contributed by atoms with E-state index in [2.05, 4.69) is 18.5 Å². The van der Waals surface area contributed by atoms with Crippen LogP contribution in [-0.2, 0) is 17.3 Å². The Balaban J connectivity index is 2.00. The Morgan fingerprint density at radius 1 is 1.48 bits per heavy atom. The number of aryl methyl sites for hydroxylation is 1. The van der Waals surface area contributed by atoms with E-state index in [0.717, 1.165) is 25.1 Å². The van der Waals surface area contributed by atoms with Crippen LogP contribution >= 0.6 is 0 Å². The Bertz CT molecular complexity index is 587. The van der Waals surface area contributed by atoms with E-state index in [1.807, 2.05) is 0 Å². The summed E-state index contributed by atoms with van der Waals surface area (Å²) in [6, 6.07) is 2.44. The predicted molar refractivity (Wildman–Crippen MR) is 88.0 cm³/mol. The first-order valence-electron chi connectivity index (χ1n) is 8.39. The summed E-state index contributed by atoms with van der Waals surface area (Å²) in [6.07, 6.45) is 0.713. The molecule has 2 rings (SSSR count). The Hall–Kier alpha value is -2.05. The van der Waals surface area contributed by atoms with Crippen molar-refractivity contribution < 1.29 is 22.7 Å². The molecular weight excluding hydrogens is 333 g/mol. The summed E-state index contributed by atoms with van der Waals surface area (Å²) in [5.74, 6) is 0.305. The number of hydrogen-bond donors (Lipinski definition) is 0. The molecule has 1 saturated heterocycles. The van der Waals surface area contributed by atoms with Gasteiger partial charge in [-0.3, -0.25) is 4.98 Å². The molecule has 0 N–H and O–H groups in total. The molecule has 0 unspecified atom stereocenters. The first-order chi connectivity index (χ1) is 11.8. The third-order valence-corrected chi connectivity index (χ3v) is 4.52. The summed E-state index contributed by atoms with van der Waals surface area (Å²) < 4.78 is 42.9. The molecule has 0 bridgehead atoms. The number of rotatable bonds is 5. The van der Waals surface area contributed by atoms with E-state index in [1.165, 1.54) is 12.1 Å². The monoisotopic (exact) mass is 356 g/mol. The van der Waals surface area contributed by atoms with Gasteiger partial charge in [0.15, 0.2) is 0 Å². The van der Waals surface area contributed by atoms with Gasteiger partial charge in [0, 0.05) is 24.5 Å². The van der Waals surface area contributed by atoms with E-state index in [1.54, 1.807) is 4.90 Å². The minimum Gasteiger partial charge on any atom is -0.445 e. The lowest BCUT2D eigenvalue weighted by Crippen LogP contribution is -2.48. The molecule has 7 heteroatoms. The molecule has 2 heterocycles. The zero-order chi connectivity index (χ0) is 18.4. The smallest absolute Gasteiger partial charge is 0.417 e. The van der Waals surface area contributed by atoms with E-state index in [-0.39, 0.29) is 18.7 Å². The number of hydrogen-bond acceptors (Lipinski definition) is 3. The first-order valence-corrected chi connectivity index (χ1v) is 8.39. The Kier molecular flexibility index (Phi) is 6.45. The van der Waals surface area contributed by atoms with Gasteiger partial charge >= 0.3 is 12.3 Å². The van der Waals surface area contributed by atoms with Gasteiger partial charge in [0.2, 0.25) is 0 Å². The van der Waals surface area contributed by atoms with Crippen molar-refractivity contribution in [3.8, 4) is 0 Å². The molecule has 0 spiro atoms. The predicted octanol–water partition coefficient (Wildman–Crippen LogP) is 4.46. The first kappa shape index (κ1) is 19.3. The van der Waals surface area contributed by atoms with Crippen LogP contribution < -0.4 is 0 Å². The van der Waals surface area contributed by atoms with Crippen molar-refractivity contribution in [1.82, 2.24) is 9.88 Å². The second-order valence-corrected chi connectivity index (χ2v) is 6.32. The lowest BCUT2D eigenvalue weighted by Gasteiger charge is -2.39. The van der Waals surface area contributed by atoms with Crippen LogP contribution in [0.25, 0.3) is 0 Å². The third kappa shape index (κ3) is 5.21. The second-order valence-electron chi connectivity index (χ2n) is 6.32. The van der Waals surface area contributed by atoms with E-state index < -0.39 is 11.7 Å². The van der Waals surface area contributed by atoms with Crippen LogP contribution in [0.1, 0.15) is 37.4 Å². The number of ether oxygens (including phenoxy) is 1. The Morgan fingerprint density at radius 2 is 2.24 bits per heavy atom. The quantitative estimate of drug-likeness (QED) is 0.732. The number of alkyl halides is 3. The van der Waals surface area contributed by atoms with Gasteiger partial charge in [0.1, 0.15) is 6.61 Å². The molecule has 138 valence electrons. The van der Waals surface area contributed by atoms with Crippen LogP contribution in [0.15, 0.2) is 31.0 Å². The zero-order valence-electron chi connectivity index (χ0n) is 14.3. The molecule has 0 aromatic carbocycles. The number of nitrogens with zero attached hydrogens (tertiary/aromatic N) is 2. The normalized spacial score (nSPS) is 21.0. The number of carbonyl (C=O) groups excluding carboxylic acids is 1. The highest BCUT2D eigenvalue weighted by Crippen LogP contribution is 2.29. The molecule has 1 fully saturated rings. The highest BCUT2D eigenvalue weighted by Gasteiger charge is 2.33. The van der Waals surface area contributed by atoms with Crippen LogP contribution in [0.2, 0.25) is 0 Å². The van der Waals surface area contributed by atoms with Gasteiger partial charge in [0.05, 0.1) is 5.56 Å². The summed E-state index contributed by atoms with van der Waals surface area (Å²) in [7, 11) is 0. The van der Waals surface area contributed by atoms with Crippen molar-refractivity contribution in [2.45, 2.75) is 44.8 Å². The molecule has 4 nitrogen and oxygen atoms in total. The number of halogens is 3. The average molecular weight is 356 g/mol. The maximum Gasteiger partial charge on any atom is 0.417 e. The molecule has 25 heavy (non-hydrogen) atoms. The molecule has 0 radical (unpaired) electrons. The van der Waals surface area contributed by atoms with E-state index in [0.29, 0.717) is 31.0 Å². The number of likely N-dealkylation sites (tertiary alicyclic amines) is 1. The van der Waals surface area contributed by atoms with Crippen molar-refractivity contribution in [3.63, 3.8) is 0 Å². The number of pyridine rings is 1. The zero-order valence-corrected chi connectivity index (χ0v) is 14.3. The van der Waals surface area contributed by atoms with E-state index in [9.17, 15) is 18.0 Å². The largest absolute Gasteiger partial charge is 0.445 e. The van der Waals surface area contributed by atoms with Crippen LogP contribution in [0.5, 0.6) is 0 Å². The van der Waals surface area contributed by atoms with Gasteiger partial charge < -0.3 is 9.64 Å². The summed E-state index contributed by atoms with van der Waals surface area (Å²) in [5, 5.41) is 0. The lowest BCUT2D eigenvalue weighted by molar-refractivity contribution is -0.137. The molecule has 2 atom stereocenters. The fourth-order valence-electron chi connectivity index (χ4n) is 3.16. The molecule has 1 aliphatic rings. The number of piperidine rings is 1. The Labute approximate surface area is 145 Å². The van der Waals surface area contributed by atoms with E-state index in [4.69, 9.17) is 4.74 Å². The van der Waals surface area contributed by atoms with E-state index >= 15 is 0 Å². The molecule has 1 amide bonds. The Morgan fingerprint density at radius 3 is 2.84 bits per heavy atom. The van der Waals surface area contributed by atoms with Crippen LogP contribution in [0.3, 0.4) is 0 Å². The molecule has 1 aromatic heterocycles. The average Bonchev–Trinajstić information content (AvgIpc) is 2.58. The van der Waals surface area contributed by atoms with Gasteiger partial charge in [-0.05, 0) is 43.7 Å². The molecule has 1 aliphatic heterocycles. The maximum atomic E-state index is 12.6. The topological polar surface area (TPSA) is 42.4 Å². The SMILES string of the molecule is C=CCOC(=O)N1CCC[C@@H](C)[C@H]1CCc1ccc(C(F)(F)F)cn1. The number of carbonyl (C=O) groups is 1. The van der Waals surface area contributed by atoms with Crippen LogP contribution in [0, 0.1) is 5.92 Å². The summed E-state index contributed by atoms with van der Waals surface area (Å²) in [5.41, 5.74) is -0.165. The van der Waals surface area contributed by atoms with Crippen LogP contribution in [-0.4, -0.2) is 35.2 Å². The maximum absolute atomic E-state index is 12.6. The van der Waals surface area contributed by atoms with Crippen molar-refractivity contribution >= 4 is 6.09 Å². The van der Waals surface area contributed by atoms with Gasteiger partial charge in [-0.15, -0.1) is 0 Å². The molecule has 0 saturated carbocycles. The molecule has 0 aliphatic carbocycles. The highest BCUT2D eigenvalue weighted by molar-refractivity contribution is 5.68. The highest BCUT2D eigenvalue weighted by atomic mass is 19.4. The summed E-state index contributed by atoms with van der Waals surface area (Å²) >= 11 is 0. The minimum atomic E-state index is -4.38. The van der Waals surface area contributed by atoms with Crippen molar-refractivity contribution in [2.75, 3.05) is 13.2 Å². The fraction of sp³-hybridized carbons (Fsp3) is 0.556. The second kappa shape index (κ2) is 8.36. The van der Waals surface area contributed by atoms with Crippen molar-refractivity contribution in [2.24, 2.45) is 5.92 Å². The van der Waals surface area contributed by atoms with Gasteiger partial charge in [0.25, 0.3) is 0 Å². The minimum absolute atomic E-state index is 0.00448. The third-order valence-electron chi connectivity index (χ3n) is 4.52. The fourth-order valence-corrected chi connectivity index (χ4v) is 3.16. The lowest BCUT2D eigenvalue weighted by atomic mass is 9.87. The van der Waals surface area contributed by atoms with Crippen molar-refractivity contribution in [3.05, 3.63) is 42.2 Å².